The van der Waals surface area contributed by atoms with Crippen molar-refractivity contribution in [3.8, 4) is 23.0 Å². The number of carboxylic acid groups (broad SMARTS) is 1. The highest BCUT2D eigenvalue weighted by Gasteiger charge is 2.44. The molecule has 6 nitrogen and oxygen atoms in total. The standard InChI is InChI=1S/C22H18N2O4/c1-22(2,21(26)27)18-15-4-3-11-23-19(15)28-20-16(18)9-10-17(24-20)14-7-5-13(12-25)6-8-14/h3-12,18H,1-2H3,(H,26,27). The van der Waals surface area contributed by atoms with Crippen LogP contribution in [-0.4, -0.2) is 27.3 Å². The van der Waals surface area contributed by atoms with E-state index in [9.17, 15) is 14.7 Å². The van der Waals surface area contributed by atoms with Gasteiger partial charge in [-0.25, -0.2) is 9.97 Å². The fourth-order valence-corrected chi connectivity index (χ4v) is 3.51. The van der Waals surface area contributed by atoms with E-state index >= 15 is 0 Å². The van der Waals surface area contributed by atoms with Crippen molar-refractivity contribution in [3.05, 3.63) is 71.4 Å². The maximum atomic E-state index is 12.0. The molecule has 0 saturated carbocycles. The van der Waals surface area contributed by atoms with Crippen molar-refractivity contribution in [2.45, 2.75) is 19.8 Å². The van der Waals surface area contributed by atoms with Crippen molar-refractivity contribution >= 4 is 12.3 Å². The molecule has 0 amide bonds. The molecule has 0 radical (unpaired) electrons. The van der Waals surface area contributed by atoms with Gasteiger partial charge in [0.1, 0.15) is 6.29 Å². The molecule has 1 aromatic carbocycles. The van der Waals surface area contributed by atoms with Crippen LogP contribution in [0.1, 0.15) is 41.3 Å². The SMILES string of the molecule is CC(C)(C(=O)O)C1c2cccnc2Oc2nc(-c3ccc(C=O)cc3)ccc21. The minimum atomic E-state index is -1.08. The van der Waals surface area contributed by atoms with Crippen LogP contribution in [0.3, 0.4) is 0 Å². The molecular weight excluding hydrogens is 356 g/mol. The molecular formula is C22H18N2O4. The average molecular weight is 374 g/mol. The third kappa shape index (κ3) is 2.83. The predicted octanol–water partition coefficient (Wildman–Crippen LogP) is 4.30. The summed E-state index contributed by atoms with van der Waals surface area (Å²) in [6.45, 7) is 3.38. The minimum absolute atomic E-state index is 0.350. The predicted molar refractivity (Wildman–Crippen MR) is 103 cm³/mol. The number of benzene rings is 1. The molecule has 3 heterocycles. The van der Waals surface area contributed by atoms with E-state index in [1.54, 1.807) is 38.2 Å². The molecule has 1 N–H and O–H groups in total. The number of pyridine rings is 2. The summed E-state index contributed by atoms with van der Waals surface area (Å²) < 4.78 is 5.92. The van der Waals surface area contributed by atoms with Crippen LogP contribution in [0.5, 0.6) is 11.8 Å². The van der Waals surface area contributed by atoms with Gasteiger partial charge < -0.3 is 9.84 Å². The van der Waals surface area contributed by atoms with Crippen molar-refractivity contribution < 1.29 is 19.4 Å². The highest BCUT2D eigenvalue weighted by molar-refractivity contribution is 5.78. The van der Waals surface area contributed by atoms with Gasteiger partial charge in [0.15, 0.2) is 0 Å². The Morgan fingerprint density at radius 2 is 1.79 bits per heavy atom. The molecule has 140 valence electrons. The zero-order valence-corrected chi connectivity index (χ0v) is 15.4. The fraction of sp³-hybridized carbons (Fsp3) is 0.182. The molecule has 3 aromatic rings. The van der Waals surface area contributed by atoms with E-state index in [4.69, 9.17) is 4.74 Å². The van der Waals surface area contributed by atoms with E-state index in [0.717, 1.165) is 17.4 Å². The van der Waals surface area contributed by atoms with Crippen molar-refractivity contribution in [2.75, 3.05) is 0 Å². The monoisotopic (exact) mass is 374 g/mol. The summed E-state index contributed by atoms with van der Waals surface area (Å²) in [5, 5.41) is 9.82. The molecule has 1 aliphatic rings. The highest BCUT2D eigenvalue weighted by Crippen LogP contribution is 2.50. The van der Waals surface area contributed by atoms with Gasteiger partial charge in [0, 0.05) is 34.4 Å². The summed E-state index contributed by atoms with van der Waals surface area (Å²) in [4.78, 5) is 31.7. The van der Waals surface area contributed by atoms with Gasteiger partial charge in [-0.15, -0.1) is 0 Å². The van der Waals surface area contributed by atoms with Gasteiger partial charge >= 0.3 is 5.97 Å². The largest absolute Gasteiger partial charge is 0.481 e. The van der Waals surface area contributed by atoms with Gasteiger partial charge in [-0.05, 0) is 26.0 Å². The van der Waals surface area contributed by atoms with Crippen LogP contribution in [0.4, 0.5) is 0 Å². The number of aldehydes is 1. The van der Waals surface area contributed by atoms with Crippen molar-refractivity contribution in [1.82, 2.24) is 9.97 Å². The maximum Gasteiger partial charge on any atom is 0.310 e. The zero-order chi connectivity index (χ0) is 19.9. The second-order valence-corrected chi connectivity index (χ2v) is 7.29. The normalized spacial score (nSPS) is 15.1. The number of hydrogen-bond donors (Lipinski definition) is 1. The maximum absolute atomic E-state index is 12.0. The Balaban J connectivity index is 1.85. The molecule has 0 aliphatic carbocycles. The fourth-order valence-electron chi connectivity index (χ4n) is 3.51. The number of aromatic nitrogens is 2. The molecule has 28 heavy (non-hydrogen) atoms. The van der Waals surface area contributed by atoms with Crippen LogP contribution < -0.4 is 4.74 Å². The summed E-state index contributed by atoms with van der Waals surface area (Å²) >= 11 is 0. The highest BCUT2D eigenvalue weighted by atomic mass is 16.5. The number of nitrogens with zero attached hydrogens (tertiary/aromatic N) is 2. The summed E-state index contributed by atoms with van der Waals surface area (Å²) in [7, 11) is 0. The smallest absolute Gasteiger partial charge is 0.310 e. The molecule has 0 fully saturated rings. The van der Waals surface area contributed by atoms with Crippen LogP contribution in [0.25, 0.3) is 11.3 Å². The van der Waals surface area contributed by atoms with Crippen LogP contribution in [0.2, 0.25) is 0 Å². The van der Waals surface area contributed by atoms with E-state index in [1.807, 2.05) is 30.3 Å². The van der Waals surface area contributed by atoms with E-state index in [-0.39, 0.29) is 0 Å². The molecule has 0 bridgehead atoms. The third-order valence-electron chi connectivity index (χ3n) is 5.12. The Labute approximate surface area is 161 Å². The van der Waals surface area contributed by atoms with Gasteiger partial charge in [-0.2, -0.15) is 0 Å². The lowest BCUT2D eigenvalue weighted by Crippen LogP contribution is -2.34. The Morgan fingerprint density at radius 3 is 2.46 bits per heavy atom. The Kier molecular flexibility index (Phi) is 4.19. The van der Waals surface area contributed by atoms with Gasteiger partial charge in [0.2, 0.25) is 11.8 Å². The van der Waals surface area contributed by atoms with E-state index in [2.05, 4.69) is 9.97 Å². The molecule has 1 atom stereocenters. The number of rotatable bonds is 4. The topological polar surface area (TPSA) is 89.4 Å². The molecule has 1 unspecified atom stereocenters. The second kappa shape index (κ2) is 6.56. The lowest BCUT2D eigenvalue weighted by atomic mass is 9.71. The quantitative estimate of drug-likeness (QED) is 0.685. The number of carbonyl (C=O) groups excluding carboxylic acids is 1. The Bertz CT molecular complexity index is 1070. The molecule has 2 aromatic heterocycles. The first kappa shape index (κ1) is 17.9. The molecule has 6 heteroatoms. The lowest BCUT2D eigenvalue weighted by Gasteiger charge is -2.35. The number of hydrogen-bond acceptors (Lipinski definition) is 5. The first-order chi connectivity index (χ1) is 13.4. The van der Waals surface area contributed by atoms with E-state index in [1.165, 1.54) is 0 Å². The van der Waals surface area contributed by atoms with Crippen molar-refractivity contribution in [3.63, 3.8) is 0 Å². The molecule has 4 rings (SSSR count). The second-order valence-electron chi connectivity index (χ2n) is 7.29. The number of aliphatic carboxylic acids is 1. The number of carboxylic acids is 1. The zero-order valence-electron chi connectivity index (χ0n) is 15.4. The molecule has 1 aliphatic heterocycles. The first-order valence-electron chi connectivity index (χ1n) is 8.84. The average Bonchev–Trinajstić information content (AvgIpc) is 2.71. The van der Waals surface area contributed by atoms with Crippen LogP contribution in [0, 0.1) is 5.41 Å². The summed E-state index contributed by atoms with van der Waals surface area (Å²) in [6, 6.07) is 14.4. The lowest BCUT2D eigenvalue weighted by molar-refractivity contribution is -0.147. The van der Waals surface area contributed by atoms with Gasteiger partial charge in [-0.3, -0.25) is 9.59 Å². The van der Waals surface area contributed by atoms with Crippen LogP contribution in [-0.2, 0) is 4.79 Å². The van der Waals surface area contributed by atoms with Crippen LogP contribution >= 0.6 is 0 Å². The Hall–Kier alpha value is -3.54. The van der Waals surface area contributed by atoms with Crippen LogP contribution in [0.15, 0.2) is 54.7 Å². The summed E-state index contributed by atoms with van der Waals surface area (Å²) in [5.41, 5.74) is 2.44. The molecule has 0 saturated heterocycles. The number of ether oxygens (including phenoxy) is 1. The van der Waals surface area contributed by atoms with Crippen molar-refractivity contribution in [2.24, 2.45) is 5.41 Å². The summed E-state index contributed by atoms with van der Waals surface area (Å²) in [5.74, 6) is -0.636. The number of carbonyl (C=O) groups is 2. The van der Waals surface area contributed by atoms with E-state index < -0.39 is 17.3 Å². The summed E-state index contributed by atoms with van der Waals surface area (Å²) in [6.07, 6.45) is 2.39. The van der Waals surface area contributed by atoms with Gasteiger partial charge in [-0.1, -0.05) is 36.4 Å². The first-order valence-corrected chi connectivity index (χ1v) is 8.84. The van der Waals surface area contributed by atoms with E-state index in [0.29, 0.717) is 28.6 Å². The molecule has 0 spiro atoms. The van der Waals surface area contributed by atoms with Gasteiger partial charge in [0.05, 0.1) is 11.1 Å². The number of fused-ring (bicyclic) bond motifs is 2. The Morgan fingerprint density at radius 1 is 1.07 bits per heavy atom. The third-order valence-corrected chi connectivity index (χ3v) is 5.12. The van der Waals surface area contributed by atoms with Gasteiger partial charge in [0.25, 0.3) is 0 Å². The minimum Gasteiger partial charge on any atom is -0.481 e. The van der Waals surface area contributed by atoms with Crippen molar-refractivity contribution in [1.29, 1.82) is 0 Å².